The molecule has 0 amide bonds. The Bertz CT molecular complexity index is 427. The molecule has 0 bridgehead atoms. The number of nitrogens with zero attached hydrogens (tertiary/aromatic N) is 1. The van der Waals surface area contributed by atoms with E-state index in [4.69, 9.17) is 4.74 Å². The number of guanidine groups is 1. The van der Waals surface area contributed by atoms with Gasteiger partial charge in [-0.25, -0.2) is 4.99 Å². The molecule has 0 aliphatic rings. The van der Waals surface area contributed by atoms with E-state index in [1.807, 2.05) is 6.07 Å². The quantitative estimate of drug-likeness (QED) is 0.300. The van der Waals surface area contributed by atoms with Crippen molar-refractivity contribution in [1.82, 2.24) is 10.6 Å². The zero-order valence-electron chi connectivity index (χ0n) is 12.2. The monoisotopic (exact) mass is 455 g/mol. The molecule has 1 aromatic carbocycles. The van der Waals surface area contributed by atoms with Crippen LogP contribution < -0.4 is 10.6 Å². The SMILES string of the molecule is CCNC(=NCc1ccc(Br)cc1C)NCCOC.I. The molecular formula is C14H23BrIN3O. The molecule has 0 radical (unpaired) electrons. The third kappa shape index (κ3) is 7.44. The predicted octanol–water partition coefficient (Wildman–Crippen LogP) is 3.08. The lowest BCUT2D eigenvalue weighted by Gasteiger charge is -2.11. The average molecular weight is 456 g/mol. The molecule has 0 fully saturated rings. The van der Waals surface area contributed by atoms with E-state index in [2.05, 4.69) is 57.5 Å². The second-order valence-electron chi connectivity index (χ2n) is 4.19. The maximum Gasteiger partial charge on any atom is 0.191 e. The fourth-order valence-electron chi connectivity index (χ4n) is 1.61. The Hall–Kier alpha value is -0.340. The summed E-state index contributed by atoms with van der Waals surface area (Å²) in [6.45, 7) is 7.09. The number of ether oxygens (including phenoxy) is 1. The molecule has 1 aromatic rings. The van der Waals surface area contributed by atoms with Crippen LogP contribution in [0.4, 0.5) is 0 Å². The van der Waals surface area contributed by atoms with E-state index in [1.165, 1.54) is 11.1 Å². The van der Waals surface area contributed by atoms with E-state index in [0.717, 1.165) is 23.5 Å². The molecule has 0 aliphatic heterocycles. The number of methoxy groups -OCH3 is 1. The fraction of sp³-hybridized carbons (Fsp3) is 0.500. The number of halogens is 2. The van der Waals surface area contributed by atoms with E-state index >= 15 is 0 Å². The number of hydrogen-bond donors (Lipinski definition) is 2. The van der Waals surface area contributed by atoms with Crippen molar-refractivity contribution in [2.24, 2.45) is 4.99 Å². The number of rotatable bonds is 6. The summed E-state index contributed by atoms with van der Waals surface area (Å²) >= 11 is 3.47. The van der Waals surface area contributed by atoms with Gasteiger partial charge < -0.3 is 15.4 Å². The van der Waals surface area contributed by atoms with E-state index in [9.17, 15) is 0 Å². The van der Waals surface area contributed by atoms with Gasteiger partial charge in [0.1, 0.15) is 0 Å². The lowest BCUT2D eigenvalue weighted by molar-refractivity contribution is 0.203. The Morgan fingerprint density at radius 1 is 1.35 bits per heavy atom. The second kappa shape index (κ2) is 11.3. The van der Waals surface area contributed by atoms with E-state index in [-0.39, 0.29) is 24.0 Å². The van der Waals surface area contributed by atoms with Crippen LogP contribution in [0, 0.1) is 6.92 Å². The molecule has 0 unspecified atom stereocenters. The van der Waals surface area contributed by atoms with Gasteiger partial charge >= 0.3 is 0 Å². The van der Waals surface area contributed by atoms with Gasteiger partial charge in [0.15, 0.2) is 5.96 Å². The van der Waals surface area contributed by atoms with Gasteiger partial charge in [-0.2, -0.15) is 0 Å². The number of aryl methyl sites for hydroxylation is 1. The topological polar surface area (TPSA) is 45.7 Å². The molecule has 114 valence electrons. The van der Waals surface area contributed by atoms with Gasteiger partial charge in [0.25, 0.3) is 0 Å². The first-order chi connectivity index (χ1) is 9.17. The highest BCUT2D eigenvalue weighted by Crippen LogP contribution is 2.16. The van der Waals surface area contributed by atoms with Gasteiger partial charge in [0, 0.05) is 24.7 Å². The van der Waals surface area contributed by atoms with E-state index in [1.54, 1.807) is 7.11 Å². The molecule has 0 saturated heterocycles. The summed E-state index contributed by atoms with van der Waals surface area (Å²) in [5, 5.41) is 6.44. The molecule has 0 saturated carbocycles. The van der Waals surface area contributed by atoms with Gasteiger partial charge in [-0.05, 0) is 37.1 Å². The largest absolute Gasteiger partial charge is 0.383 e. The molecular weight excluding hydrogens is 433 g/mol. The highest BCUT2D eigenvalue weighted by molar-refractivity contribution is 14.0. The molecule has 0 aliphatic carbocycles. The minimum atomic E-state index is 0. The Labute approximate surface area is 146 Å². The van der Waals surface area contributed by atoms with E-state index < -0.39 is 0 Å². The second-order valence-corrected chi connectivity index (χ2v) is 5.10. The summed E-state index contributed by atoms with van der Waals surface area (Å²) in [5.74, 6) is 0.821. The smallest absolute Gasteiger partial charge is 0.191 e. The van der Waals surface area contributed by atoms with Crippen LogP contribution >= 0.6 is 39.9 Å². The van der Waals surface area contributed by atoms with Crippen LogP contribution in [0.25, 0.3) is 0 Å². The molecule has 20 heavy (non-hydrogen) atoms. The maximum atomic E-state index is 5.01. The lowest BCUT2D eigenvalue weighted by Crippen LogP contribution is -2.38. The Kier molecular flexibility index (Phi) is 11.1. The van der Waals surface area contributed by atoms with Crippen molar-refractivity contribution in [2.75, 3.05) is 26.8 Å². The molecule has 1 rings (SSSR count). The molecule has 0 heterocycles. The molecule has 6 heteroatoms. The minimum absolute atomic E-state index is 0. The van der Waals surface area contributed by atoms with Crippen LogP contribution in [0.15, 0.2) is 27.7 Å². The van der Waals surface area contributed by atoms with Gasteiger partial charge in [0.2, 0.25) is 0 Å². The van der Waals surface area contributed by atoms with Crippen LogP contribution in [-0.2, 0) is 11.3 Å². The van der Waals surface area contributed by atoms with Crippen LogP contribution in [0.5, 0.6) is 0 Å². The van der Waals surface area contributed by atoms with Crippen molar-refractivity contribution in [3.63, 3.8) is 0 Å². The minimum Gasteiger partial charge on any atom is -0.383 e. The third-order valence-electron chi connectivity index (χ3n) is 2.66. The number of nitrogens with one attached hydrogen (secondary N) is 2. The Morgan fingerprint density at radius 2 is 2.10 bits per heavy atom. The van der Waals surface area contributed by atoms with E-state index in [0.29, 0.717) is 13.2 Å². The van der Waals surface area contributed by atoms with Crippen molar-refractivity contribution in [3.05, 3.63) is 33.8 Å². The molecule has 4 nitrogen and oxygen atoms in total. The first-order valence-electron chi connectivity index (χ1n) is 6.43. The maximum absolute atomic E-state index is 5.01. The van der Waals surface area contributed by atoms with Crippen LogP contribution in [0.3, 0.4) is 0 Å². The summed E-state index contributed by atoms with van der Waals surface area (Å²) < 4.78 is 6.11. The molecule has 0 spiro atoms. The first-order valence-corrected chi connectivity index (χ1v) is 7.22. The molecule has 2 N–H and O–H groups in total. The predicted molar refractivity (Wildman–Crippen MR) is 99.0 cm³/mol. The normalized spacial score (nSPS) is 10.9. The van der Waals surface area contributed by atoms with Gasteiger partial charge in [-0.15, -0.1) is 24.0 Å². The zero-order chi connectivity index (χ0) is 14.1. The Morgan fingerprint density at radius 3 is 2.70 bits per heavy atom. The average Bonchev–Trinajstić information content (AvgIpc) is 2.37. The van der Waals surface area contributed by atoms with Crippen molar-refractivity contribution in [3.8, 4) is 0 Å². The van der Waals surface area contributed by atoms with Crippen LogP contribution in [-0.4, -0.2) is 32.8 Å². The van der Waals surface area contributed by atoms with Gasteiger partial charge in [-0.1, -0.05) is 22.0 Å². The van der Waals surface area contributed by atoms with Crippen molar-refractivity contribution in [1.29, 1.82) is 0 Å². The highest BCUT2D eigenvalue weighted by Gasteiger charge is 2.00. The summed E-state index contributed by atoms with van der Waals surface area (Å²) in [7, 11) is 1.69. The third-order valence-corrected chi connectivity index (χ3v) is 3.15. The van der Waals surface area contributed by atoms with Crippen LogP contribution in [0.1, 0.15) is 18.1 Å². The summed E-state index contributed by atoms with van der Waals surface area (Å²) in [4.78, 5) is 4.57. The number of hydrogen-bond acceptors (Lipinski definition) is 2. The first kappa shape index (κ1) is 19.7. The number of benzene rings is 1. The molecule has 0 atom stereocenters. The lowest BCUT2D eigenvalue weighted by atomic mass is 10.1. The van der Waals surface area contributed by atoms with Gasteiger partial charge in [-0.3, -0.25) is 0 Å². The van der Waals surface area contributed by atoms with Crippen LogP contribution in [0.2, 0.25) is 0 Å². The van der Waals surface area contributed by atoms with Crippen molar-refractivity contribution < 1.29 is 4.74 Å². The van der Waals surface area contributed by atoms with Crippen molar-refractivity contribution >= 4 is 45.9 Å². The van der Waals surface area contributed by atoms with Crippen molar-refractivity contribution in [2.45, 2.75) is 20.4 Å². The molecule has 0 aromatic heterocycles. The number of aliphatic imine (C=N–C) groups is 1. The van der Waals surface area contributed by atoms with Gasteiger partial charge in [0.05, 0.1) is 13.2 Å². The zero-order valence-corrected chi connectivity index (χ0v) is 16.1. The highest BCUT2D eigenvalue weighted by atomic mass is 127. The summed E-state index contributed by atoms with van der Waals surface area (Å²) in [6, 6.07) is 6.25. The standard InChI is InChI=1S/C14H22BrN3O.HI/c1-4-16-14(17-7-8-19-3)18-10-12-5-6-13(15)9-11(12)2;/h5-6,9H,4,7-8,10H2,1-3H3,(H2,16,17,18);1H. The summed E-state index contributed by atoms with van der Waals surface area (Å²) in [6.07, 6.45) is 0. The Balaban J connectivity index is 0.00000361. The summed E-state index contributed by atoms with van der Waals surface area (Å²) in [5.41, 5.74) is 2.47. The fourth-order valence-corrected chi connectivity index (χ4v) is 2.09.